The number of aliphatic imine (C=N–C) groups is 1. The van der Waals surface area contributed by atoms with Crippen molar-refractivity contribution in [3.05, 3.63) is 29.6 Å². The van der Waals surface area contributed by atoms with E-state index >= 15 is 0 Å². The summed E-state index contributed by atoms with van der Waals surface area (Å²) in [5.41, 5.74) is -0.422. The van der Waals surface area contributed by atoms with E-state index in [2.05, 4.69) is 34.8 Å². The Morgan fingerprint density at radius 3 is 2.31 bits per heavy atom. The van der Waals surface area contributed by atoms with Crippen LogP contribution in [0.4, 0.5) is 18.9 Å². The topological polar surface area (TPSA) is 65.5 Å². The summed E-state index contributed by atoms with van der Waals surface area (Å²) in [6.07, 6.45) is 2.05. The van der Waals surface area contributed by atoms with Gasteiger partial charge >= 0.3 is 0 Å². The third kappa shape index (κ3) is 7.79. The number of hydrogen-bond donors (Lipinski definition) is 3. The van der Waals surface area contributed by atoms with Crippen molar-refractivity contribution in [2.24, 2.45) is 10.9 Å². The highest BCUT2D eigenvalue weighted by Crippen LogP contribution is 2.19. The van der Waals surface area contributed by atoms with Gasteiger partial charge < -0.3 is 16.0 Å². The number of guanidine groups is 1. The molecule has 0 saturated heterocycles. The average Bonchev–Trinajstić information content (AvgIpc) is 2.61. The van der Waals surface area contributed by atoms with Crippen LogP contribution in [0, 0.1) is 23.4 Å². The van der Waals surface area contributed by atoms with E-state index in [1.807, 2.05) is 6.92 Å². The lowest BCUT2D eigenvalue weighted by Gasteiger charge is -2.16. The van der Waals surface area contributed by atoms with Crippen molar-refractivity contribution < 1.29 is 18.0 Å². The molecule has 0 radical (unpaired) electrons. The molecule has 0 heterocycles. The number of nitrogens with one attached hydrogen (secondary N) is 3. The molecule has 0 unspecified atom stereocenters. The molecule has 1 aromatic rings. The first-order valence-corrected chi connectivity index (χ1v) is 8.38. The molecule has 0 atom stereocenters. The van der Waals surface area contributed by atoms with E-state index in [0.717, 1.165) is 31.5 Å². The van der Waals surface area contributed by atoms with E-state index < -0.39 is 29.0 Å². The number of rotatable bonds is 8. The van der Waals surface area contributed by atoms with E-state index in [-0.39, 0.29) is 30.5 Å². The van der Waals surface area contributed by atoms with Crippen molar-refractivity contribution in [3.8, 4) is 0 Å². The molecular weight excluding hydrogens is 460 g/mol. The molecule has 1 rings (SSSR count). The minimum Gasteiger partial charge on any atom is -0.357 e. The Labute approximate surface area is 169 Å². The molecule has 0 aliphatic carbocycles. The maximum absolute atomic E-state index is 13.5. The van der Waals surface area contributed by atoms with Crippen molar-refractivity contribution in [2.45, 2.75) is 33.6 Å². The monoisotopic (exact) mass is 486 g/mol. The van der Waals surface area contributed by atoms with Crippen LogP contribution in [-0.2, 0) is 4.79 Å². The molecule has 0 bridgehead atoms. The van der Waals surface area contributed by atoms with Crippen LogP contribution in [0.25, 0.3) is 0 Å². The average molecular weight is 486 g/mol. The number of nitrogens with zero attached hydrogens (tertiary/aromatic N) is 1. The molecule has 0 saturated carbocycles. The third-order valence-corrected chi connectivity index (χ3v) is 3.75. The lowest BCUT2D eigenvalue weighted by molar-refractivity contribution is -0.114. The van der Waals surface area contributed by atoms with Gasteiger partial charge in [-0.15, -0.1) is 24.0 Å². The summed E-state index contributed by atoms with van der Waals surface area (Å²) in [4.78, 5) is 16.0. The first kappa shape index (κ1) is 24.5. The molecule has 0 aliphatic heterocycles. The maximum atomic E-state index is 13.5. The normalized spacial score (nSPS) is 11.1. The van der Waals surface area contributed by atoms with Gasteiger partial charge in [-0.1, -0.05) is 26.7 Å². The number of carbonyl (C=O) groups excluding carboxylic acids is 1. The molecule has 9 heteroatoms. The molecule has 1 aromatic carbocycles. The van der Waals surface area contributed by atoms with Crippen molar-refractivity contribution >= 4 is 41.5 Å². The lowest BCUT2D eigenvalue weighted by atomic mass is 10.0. The number of anilines is 1. The summed E-state index contributed by atoms with van der Waals surface area (Å²) in [6, 6.07) is 1.71. The molecule has 1 amide bonds. The fourth-order valence-corrected chi connectivity index (χ4v) is 2.12. The van der Waals surface area contributed by atoms with Gasteiger partial charge in [0.05, 0.1) is 5.69 Å². The van der Waals surface area contributed by atoms with E-state index in [1.165, 1.54) is 0 Å². The second-order valence-corrected chi connectivity index (χ2v) is 5.53. The number of hydrogen-bond acceptors (Lipinski definition) is 2. The van der Waals surface area contributed by atoms with Crippen LogP contribution in [-0.4, -0.2) is 31.5 Å². The van der Waals surface area contributed by atoms with E-state index in [9.17, 15) is 18.0 Å². The minimum atomic E-state index is -1.62. The Morgan fingerprint density at radius 1 is 1.08 bits per heavy atom. The van der Waals surface area contributed by atoms with Gasteiger partial charge in [0.2, 0.25) is 5.91 Å². The zero-order chi connectivity index (χ0) is 18.8. The SMILES string of the molecule is CCNC(=NCC(=O)Nc1ccc(F)c(F)c1F)NCC(CC)CC.I. The summed E-state index contributed by atoms with van der Waals surface area (Å²) < 4.78 is 39.6. The van der Waals surface area contributed by atoms with E-state index in [1.54, 1.807) is 0 Å². The standard InChI is InChI=1S/C17H25F3N4O.HI/c1-4-11(5-2)9-22-17(21-6-3)23-10-14(25)24-13-8-7-12(18)15(19)16(13)20;/h7-8,11H,4-6,9-10H2,1-3H3,(H,24,25)(H2,21,22,23);1H. The highest BCUT2D eigenvalue weighted by Gasteiger charge is 2.15. The van der Waals surface area contributed by atoms with Crippen LogP contribution in [0.2, 0.25) is 0 Å². The summed E-state index contributed by atoms with van der Waals surface area (Å²) in [6.45, 7) is 7.15. The molecular formula is C17H26F3IN4O. The lowest BCUT2D eigenvalue weighted by Crippen LogP contribution is -2.40. The van der Waals surface area contributed by atoms with Crippen LogP contribution in [0.3, 0.4) is 0 Å². The van der Waals surface area contributed by atoms with Crippen LogP contribution < -0.4 is 16.0 Å². The summed E-state index contributed by atoms with van der Waals surface area (Å²) >= 11 is 0. The fraction of sp³-hybridized carbons (Fsp3) is 0.529. The van der Waals surface area contributed by atoms with Gasteiger partial charge in [-0.25, -0.2) is 18.2 Å². The maximum Gasteiger partial charge on any atom is 0.246 e. The molecule has 148 valence electrons. The Hall–Kier alpha value is -1.52. The van der Waals surface area contributed by atoms with Gasteiger partial charge in [0, 0.05) is 13.1 Å². The molecule has 0 spiro atoms. The molecule has 0 aliphatic rings. The van der Waals surface area contributed by atoms with Crippen molar-refractivity contribution in [3.63, 3.8) is 0 Å². The van der Waals surface area contributed by atoms with Gasteiger partial charge in [0.25, 0.3) is 0 Å². The van der Waals surface area contributed by atoms with Crippen molar-refractivity contribution in [1.82, 2.24) is 10.6 Å². The number of amides is 1. The van der Waals surface area contributed by atoms with Gasteiger partial charge in [-0.05, 0) is 25.0 Å². The van der Waals surface area contributed by atoms with Crippen LogP contribution in [0.1, 0.15) is 33.6 Å². The summed E-state index contributed by atoms with van der Waals surface area (Å²) in [5, 5.41) is 8.33. The van der Waals surface area contributed by atoms with Gasteiger partial charge in [0.1, 0.15) is 6.54 Å². The Morgan fingerprint density at radius 2 is 1.73 bits per heavy atom. The Bertz CT molecular complexity index is 610. The number of benzene rings is 1. The Kier molecular flexibility index (Phi) is 12.0. The van der Waals surface area contributed by atoms with Crippen molar-refractivity contribution in [1.29, 1.82) is 0 Å². The summed E-state index contributed by atoms with van der Waals surface area (Å²) in [5.74, 6) is -4.04. The first-order chi connectivity index (χ1) is 11.9. The van der Waals surface area contributed by atoms with E-state index in [0.29, 0.717) is 18.4 Å². The largest absolute Gasteiger partial charge is 0.357 e. The Balaban J connectivity index is 0.00000625. The summed E-state index contributed by atoms with van der Waals surface area (Å²) in [7, 11) is 0. The van der Waals surface area contributed by atoms with Crippen LogP contribution in [0.5, 0.6) is 0 Å². The molecule has 26 heavy (non-hydrogen) atoms. The number of carbonyl (C=O) groups is 1. The van der Waals surface area contributed by atoms with Gasteiger partial charge in [0.15, 0.2) is 23.4 Å². The molecule has 5 nitrogen and oxygen atoms in total. The highest BCUT2D eigenvalue weighted by molar-refractivity contribution is 14.0. The van der Waals surface area contributed by atoms with Crippen LogP contribution in [0.15, 0.2) is 17.1 Å². The number of halogens is 4. The molecule has 0 fully saturated rings. The first-order valence-electron chi connectivity index (χ1n) is 8.38. The second kappa shape index (κ2) is 12.8. The minimum absolute atomic E-state index is 0. The van der Waals surface area contributed by atoms with Crippen LogP contribution >= 0.6 is 24.0 Å². The highest BCUT2D eigenvalue weighted by atomic mass is 127. The van der Waals surface area contributed by atoms with Crippen molar-refractivity contribution in [2.75, 3.05) is 25.0 Å². The quantitative estimate of drug-likeness (QED) is 0.228. The predicted octanol–water partition coefficient (Wildman–Crippen LogP) is 3.65. The van der Waals surface area contributed by atoms with Gasteiger partial charge in [-0.3, -0.25) is 4.79 Å². The fourth-order valence-electron chi connectivity index (χ4n) is 2.12. The zero-order valence-electron chi connectivity index (χ0n) is 15.2. The second-order valence-electron chi connectivity index (χ2n) is 5.53. The predicted molar refractivity (Wildman–Crippen MR) is 108 cm³/mol. The smallest absolute Gasteiger partial charge is 0.246 e. The third-order valence-electron chi connectivity index (χ3n) is 3.75. The van der Waals surface area contributed by atoms with E-state index in [4.69, 9.17) is 0 Å². The zero-order valence-corrected chi connectivity index (χ0v) is 17.5. The molecule has 3 N–H and O–H groups in total. The van der Waals surface area contributed by atoms with Gasteiger partial charge in [-0.2, -0.15) is 0 Å². The molecule has 0 aromatic heterocycles.